The molecular weight excluding hydrogens is 829 g/mol. The van der Waals surface area contributed by atoms with Gasteiger partial charge < -0.3 is 49.7 Å². The zero-order chi connectivity index (χ0) is 42.3. The maximum Gasteiger partial charge on any atom is 0.320 e. The van der Waals surface area contributed by atoms with Gasteiger partial charge in [-0.1, -0.05) is 72.8 Å². The highest BCUT2D eigenvalue weighted by molar-refractivity contribution is 8.68. The van der Waals surface area contributed by atoms with E-state index in [2.05, 4.69) is 23.8 Å². The van der Waals surface area contributed by atoms with E-state index in [1.54, 1.807) is 13.8 Å². The molecule has 316 valence electrons. The van der Waals surface area contributed by atoms with Gasteiger partial charge in [0.25, 0.3) is 5.91 Å². The Bertz CT molecular complexity index is 1610. The Morgan fingerprint density at radius 3 is 2.27 bits per heavy atom. The molecule has 22 heteroatoms. The Morgan fingerprint density at radius 1 is 1.04 bits per heavy atom. The first-order valence-corrected chi connectivity index (χ1v) is 23.6. The molecule has 0 saturated carbocycles. The van der Waals surface area contributed by atoms with Crippen LogP contribution in [-0.4, -0.2) is 88.8 Å². The number of ether oxygens (including phenoxy) is 4. The smallest absolute Gasteiger partial charge is 0.320 e. The van der Waals surface area contributed by atoms with Gasteiger partial charge in [0.1, 0.15) is 16.3 Å². The second-order valence-electron chi connectivity index (χ2n) is 11.7. The summed E-state index contributed by atoms with van der Waals surface area (Å²) < 4.78 is 43.0. The number of nitrogens with two attached hydrogens (primary N) is 3. The van der Waals surface area contributed by atoms with E-state index < -0.39 is 45.9 Å². The first-order valence-electron chi connectivity index (χ1n) is 17.8. The molecule has 1 amide bonds. The average molecular weight is 884 g/mol. The minimum absolute atomic E-state index is 0.0754. The van der Waals surface area contributed by atoms with Crippen molar-refractivity contribution in [3.63, 3.8) is 0 Å². The molecule has 0 aliphatic carbocycles. The summed E-state index contributed by atoms with van der Waals surface area (Å²) in [5.41, 5.74) is 13.9. The number of guanidine groups is 1. The molecule has 2 aromatic rings. The van der Waals surface area contributed by atoms with Crippen LogP contribution >= 0.6 is 28.7 Å². The van der Waals surface area contributed by atoms with Crippen LogP contribution in [0.3, 0.4) is 0 Å². The zero-order valence-electron chi connectivity index (χ0n) is 32.6. The van der Waals surface area contributed by atoms with Crippen LogP contribution in [0.2, 0.25) is 5.15 Å². The van der Waals surface area contributed by atoms with Gasteiger partial charge in [-0.25, -0.2) is 9.97 Å². The first-order chi connectivity index (χ1) is 26.5. The molecular formula is C34H55ClN7O10PS3. The summed E-state index contributed by atoms with van der Waals surface area (Å²) in [6.07, 6.45) is 8.20. The van der Waals surface area contributed by atoms with Crippen molar-refractivity contribution < 1.29 is 46.9 Å². The molecule has 56 heavy (non-hydrogen) atoms. The predicted molar refractivity (Wildman–Crippen MR) is 225 cm³/mol. The van der Waals surface area contributed by atoms with Crippen LogP contribution in [0.15, 0.2) is 18.2 Å². The summed E-state index contributed by atoms with van der Waals surface area (Å²) in [5.74, 6) is -0.118. The van der Waals surface area contributed by atoms with Crippen molar-refractivity contribution in [2.24, 2.45) is 5.73 Å². The van der Waals surface area contributed by atoms with E-state index >= 15 is 0 Å². The third-order valence-electron chi connectivity index (χ3n) is 7.39. The van der Waals surface area contributed by atoms with Crippen LogP contribution in [0.25, 0.3) is 0 Å². The normalized spacial score (nSPS) is 13.1. The van der Waals surface area contributed by atoms with E-state index in [0.717, 1.165) is 41.5 Å². The van der Waals surface area contributed by atoms with Gasteiger partial charge in [-0.05, 0) is 63.1 Å². The second-order valence-corrected chi connectivity index (χ2v) is 20.7. The van der Waals surface area contributed by atoms with Gasteiger partial charge in [-0.2, -0.15) is 0 Å². The van der Waals surface area contributed by atoms with Crippen molar-refractivity contribution in [2.45, 2.75) is 89.6 Å². The highest BCUT2D eigenvalue weighted by atomic mass is 35.5. The molecule has 3 unspecified atom stereocenters. The molecule has 1 aliphatic heterocycles. The van der Waals surface area contributed by atoms with Crippen LogP contribution in [0.5, 0.6) is 11.5 Å². The largest absolute Gasteiger partial charge is 0.616 e. The lowest BCUT2D eigenvalue weighted by Gasteiger charge is -2.21. The standard InChI is InChI=1S/C18H28O3S.C10H19O6PS2.C6H8ClN7O/c1-3-4-5-6-7-8-11-22(19)15(2)12-16-9-10-17-18(13-16)21-14-20-17;1-5-15-9(11)7-8(10(12)16-6-2)19-17(18,13-3)14-4;7-2-4(9)13-3(8)1(12-2)5(15)14-6(10)11/h9-10,13,15H,3-8,11-12,14H2,1-2H3;8H,5-7H2,1-4H3;(H4,8,9,13)(H4,10,11,14,15). The number of rotatable bonds is 20. The van der Waals surface area contributed by atoms with Crippen molar-refractivity contribution in [2.75, 3.05) is 51.4 Å². The lowest BCUT2D eigenvalue weighted by molar-refractivity contribution is -0.149. The molecule has 0 radical (unpaired) electrons. The summed E-state index contributed by atoms with van der Waals surface area (Å²) >= 11 is 11.0. The van der Waals surface area contributed by atoms with Gasteiger partial charge in [0.15, 0.2) is 39.9 Å². The van der Waals surface area contributed by atoms with Gasteiger partial charge in [-0.3, -0.25) is 25.1 Å². The molecule has 2 heterocycles. The van der Waals surface area contributed by atoms with Crippen LogP contribution in [0.1, 0.15) is 88.7 Å². The molecule has 1 aromatic heterocycles. The van der Waals surface area contributed by atoms with Gasteiger partial charge in [-0.15, -0.1) is 0 Å². The molecule has 1 aromatic carbocycles. The Labute approximate surface area is 346 Å². The molecule has 8 N–H and O–H groups in total. The molecule has 17 nitrogen and oxygen atoms in total. The molecule has 3 rings (SSSR count). The third-order valence-corrected chi connectivity index (χ3v) is 15.3. The maximum atomic E-state index is 12.3. The molecule has 1 aliphatic rings. The number of carbonyl (C=O) groups excluding carboxylic acids is 3. The maximum absolute atomic E-state index is 12.3. The number of esters is 2. The molecule has 0 bridgehead atoms. The van der Waals surface area contributed by atoms with Crippen LogP contribution in [-0.2, 0) is 57.5 Å². The predicted octanol–water partition coefficient (Wildman–Crippen LogP) is 5.49. The molecule has 0 saturated heterocycles. The lowest BCUT2D eigenvalue weighted by atomic mass is 10.1. The van der Waals surface area contributed by atoms with Crippen molar-refractivity contribution in [1.29, 1.82) is 5.41 Å². The van der Waals surface area contributed by atoms with E-state index in [-0.39, 0.29) is 47.4 Å². The number of hydrogen-bond donors (Lipinski definition) is 5. The number of fused-ring (bicyclic) bond motifs is 1. The lowest BCUT2D eigenvalue weighted by Crippen LogP contribution is -2.36. The number of aromatic nitrogens is 2. The van der Waals surface area contributed by atoms with Crippen molar-refractivity contribution in [3.05, 3.63) is 34.6 Å². The second kappa shape index (κ2) is 27.5. The van der Waals surface area contributed by atoms with Gasteiger partial charge in [0.2, 0.25) is 12.5 Å². The summed E-state index contributed by atoms with van der Waals surface area (Å²) in [6.45, 7) is 8.47. The first kappa shape index (κ1) is 50.9. The highest BCUT2D eigenvalue weighted by Crippen LogP contribution is 2.62. The van der Waals surface area contributed by atoms with Crippen molar-refractivity contribution in [1.82, 2.24) is 15.3 Å². The Balaban J connectivity index is 0.000000428. The van der Waals surface area contributed by atoms with Crippen molar-refractivity contribution in [3.8, 4) is 11.5 Å². The van der Waals surface area contributed by atoms with Crippen LogP contribution in [0, 0.1) is 5.41 Å². The van der Waals surface area contributed by atoms with Crippen molar-refractivity contribution >= 4 is 87.1 Å². The van der Waals surface area contributed by atoms with Gasteiger partial charge >= 0.3 is 11.9 Å². The van der Waals surface area contributed by atoms with Crippen LogP contribution < -0.4 is 32.0 Å². The topological polar surface area (TPSA) is 269 Å². The number of nitrogen functional groups attached to an aromatic ring is 2. The fourth-order valence-electron chi connectivity index (χ4n) is 4.60. The number of halogens is 1. The number of nitrogens with zero attached hydrogens (tertiary/aromatic N) is 2. The Hall–Kier alpha value is -3.10. The number of hydrogen-bond acceptors (Lipinski definition) is 17. The highest BCUT2D eigenvalue weighted by Gasteiger charge is 2.32. The zero-order valence-corrected chi connectivity index (χ0v) is 36.7. The fourth-order valence-corrected chi connectivity index (χ4v) is 9.86. The average Bonchev–Trinajstić information content (AvgIpc) is 3.62. The van der Waals surface area contributed by atoms with E-state index in [4.69, 9.17) is 74.0 Å². The molecule has 0 spiro atoms. The minimum atomic E-state index is -2.65. The Morgan fingerprint density at radius 2 is 1.66 bits per heavy atom. The summed E-state index contributed by atoms with van der Waals surface area (Å²) in [6, 6.07) is 6.01. The summed E-state index contributed by atoms with van der Waals surface area (Å²) in [7, 11) is 2.81. The van der Waals surface area contributed by atoms with E-state index in [1.165, 1.54) is 51.9 Å². The minimum Gasteiger partial charge on any atom is -0.616 e. The van der Waals surface area contributed by atoms with E-state index in [9.17, 15) is 18.9 Å². The number of nitrogens with one attached hydrogen (secondary N) is 2. The van der Waals surface area contributed by atoms with Crippen LogP contribution in [0.4, 0.5) is 11.6 Å². The monoisotopic (exact) mass is 883 g/mol. The van der Waals surface area contributed by atoms with E-state index in [1.807, 2.05) is 23.5 Å². The molecule has 0 fully saturated rings. The van der Waals surface area contributed by atoms with Gasteiger partial charge in [0.05, 0.1) is 19.6 Å². The summed E-state index contributed by atoms with van der Waals surface area (Å²) in [5, 5.41) is 8.09. The Kier molecular flexibility index (Phi) is 25.0. The number of amides is 1. The number of anilines is 2. The molecule has 3 atom stereocenters. The fraction of sp³-hybridized carbons (Fsp3) is 0.588. The number of benzene rings is 1. The summed E-state index contributed by atoms with van der Waals surface area (Å²) in [4.78, 5) is 41.8. The third kappa shape index (κ3) is 19.4. The quantitative estimate of drug-likeness (QED) is 0.0274. The van der Waals surface area contributed by atoms with E-state index in [0.29, 0.717) is 6.79 Å². The van der Waals surface area contributed by atoms with Gasteiger partial charge in [0, 0.05) is 20.6 Å². The SMILES string of the molecule is CCCCCCCC[S+]([O-])C(C)Cc1ccc2c(c1)OCO2.CCOC(=O)CC(SP(=S)(OC)OC)C(=O)OCC.N=C(N)NC(=O)c1nc(Cl)c(N)nc1N. The number of unbranched alkanes of at least 4 members (excludes halogenated alkanes) is 5. The number of carbonyl (C=O) groups is 3.